The van der Waals surface area contributed by atoms with Crippen LogP contribution in [0.3, 0.4) is 0 Å². The third-order valence-corrected chi connectivity index (χ3v) is 13.0. The van der Waals surface area contributed by atoms with E-state index in [9.17, 15) is 14.4 Å². The molecule has 0 spiro atoms. The summed E-state index contributed by atoms with van der Waals surface area (Å²) in [5.74, 6) is -0.888. The summed E-state index contributed by atoms with van der Waals surface area (Å²) in [6.45, 7) is 6.54. The summed E-state index contributed by atoms with van der Waals surface area (Å²) >= 11 is 0. The Morgan fingerprint density at radius 3 is 0.926 bits per heavy atom. The van der Waals surface area contributed by atoms with Gasteiger partial charge >= 0.3 is 17.9 Å². The van der Waals surface area contributed by atoms with Gasteiger partial charge in [-0.2, -0.15) is 0 Å². The number of hydrogen-bond donors (Lipinski definition) is 0. The van der Waals surface area contributed by atoms with Crippen molar-refractivity contribution in [3.8, 4) is 0 Å². The second kappa shape index (κ2) is 57.0. The topological polar surface area (TPSA) is 78.9 Å². The molecule has 1 atom stereocenters. The third kappa shape index (κ3) is 54.3. The first-order valence-corrected chi connectivity index (χ1v) is 29.6. The van der Waals surface area contributed by atoms with E-state index in [4.69, 9.17) is 14.2 Å². The molecule has 0 aromatic heterocycles. The smallest absolute Gasteiger partial charge is 0.306 e. The largest absolute Gasteiger partial charge is 0.462 e. The first-order valence-electron chi connectivity index (χ1n) is 29.6. The molecule has 6 nitrogen and oxygen atoms in total. The molecule has 68 heavy (non-hydrogen) atoms. The van der Waals surface area contributed by atoms with Crippen LogP contribution in [-0.4, -0.2) is 37.2 Å². The fourth-order valence-corrected chi connectivity index (χ4v) is 8.52. The van der Waals surface area contributed by atoms with Crippen molar-refractivity contribution in [2.45, 2.75) is 316 Å². The highest BCUT2D eigenvalue weighted by Gasteiger charge is 2.19. The van der Waals surface area contributed by atoms with E-state index in [1.165, 1.54) is 180 Å². The minimum absolute atomic E-state index is 0.0768. The molecule has 0 radical (unpaired) electrons. The van der Waals surface area contributed by atoms with Crippen molar-refractivity contribution in [1.29, 1.82) is 0 Å². The SMILES string of the molecule is CCC/C=C\CCCCCCCC(=O)OCC(COC(=O)CCCCCCCCCCCCCCCCCCC/C=C\C/C=C\CCCCCCC)OC(=O)CCCCCCC/C=C\CCCC. The van der Waals surface area contributed by atoms with E-state index in [1.807, 2.05) is 0 Å². The van der Waals surface area contributed by atoms with Crippen LogP contribution in [0.5, 0.6) is 0 Å². The number of carbonyl (C=O) groups is 3. The van der Waals surface area contributed by atoms with Crippen molar-refractivity contribution >= 4 is 17.9 Å². The van der Waals surface area contributed by atoms with E-state index in [-0.39, 0.29) is 31.1 Å². The molecule has 0 aliphatic rings. The molecule has 0 saturated heterocycles. The van der Waals surface area contributed by atoms with Crippen molar-refractivity contribution < 1.29 is 28.6 Å². The van der Waals surface area contributed by atoms with Crippen LogP contribution in [0.2, 0.25) is 0 Å². The van der Waals surface area contributed by atoms with E-state index in [0.717, 1.165) is 89.9 Å². The van der Waals surface area contributed by atoms with Crippen molar-refractivity contribution in [2.24, 2.45) is 0 Å². The summed E-state index contributed by atoms with van der Waals surface area (Å²) in [5.41, 5.74) is 0. The maximum atomic E-state index is 12.8. The second-order valence-corrected chi connectivity index (χ2v) is 19.9. The zero-order chi connectivity index (χ0) is 49.3. The number of unbranched alkanes of at least 4 members (excludes halogenated alkanes) is 35. The Bertz CT molecular complexity index is 1190. The Hall–Kier alpha value is -2.63. The lowest BCUT2D eigenvalue weighted by molar-refractivity contribution is -0.167. The standard InChI is InChI=1S/C62H112O6/c1-4-7-10-13-16-19-22-23-24-25-26-27-28-29-30-31-32-33-34-35-36-37-38-39-41-43-46-49-52-55-61(64)67-58-59(57-66-60(63)54-51-48-45-42-21-18-15-12-9-6-3)68-62(65)56-53-50-47-44-40-20-17-14-11-8-5-2/h12,14-15,17,22-23,25-26,59H,4-11,13,16,18-21,24,27-58H2,1-3H3/b15-12-,17-14-,23-22-,26-25-. The fourth-order valence-electron chi connectivity index (χ4n) is 8.52. The van der Waals surface area contributed by atoms with Gasteiger partial charge in [-0.25, -0.2) is 0 Å². The quantitative estimate of drug-likeness (QED) is 0.0262. The average Bonchev–Trinajstić information content (AvgIpc) is 3.34. The average molecular weight is 954 g/mol. The van der Waals surface area contributed by atoms with E-state index in [1.54, 1.807) is 0 Å². The monoisotopic (exact) mass is 953 g/mol. The molecule has 0 aliphatic heterocycles. The molecular formula is C62H112O6. The van der Waals surface area contributed by atoms with Crippen molar-refractivity contribution in [2.75, 3.05) is 13.2 Å². The van der Waals surface area contributed by atoms with E-state index < -0.39 is 6.10 Å². The van der Waals surface area contributed by atoms with Gasteiger partial charge in [0.25, 0.3) is 0 Å². The molecule has 0 aromatic rings. The molecule has 6 heteroatoms. The Balaban J connectivity index is 4.06. The van der Waals surface area contributed by atoms with Crippen LogP contribution < -0.4 is 0 Å². The summed E-state index contributed by atoms with van der Waals surface area (Å²) in [6.07, 6.45) is 69.9. The summed E-state index contributed by atoms with van der Waals surface area (Å²) in [4.78, 5) is 38.0. The molecule has 0 bridgehead atoms. The van der Waals surface area contributed by atoms with Crippen molar-refractivity contribution in [1.82, 2.24) is 0 Å². The molecule has 0 aliphatic carbocycles. The highest BCUT2D eigenvalue weighted by Crippen LogP contribution is 2.16. The van der Waals surface area contributed by atoms with Crippen LogP contribution in [0.1, 0.15) is 310 Å². The highest BCUT2D eigenvalue weighted by molar-refractivity contribution is 5.71. The Morgan fingerprint density at radius 1 is 0.294 bits per heavy atom. The van der Waals surface area contributed by atoms with Gasteiger partial charge in [-0.05, 0) is 89.9 Å². The zero-order valence-electron chi connectivity index (χ0n) is 45.4. The van der Waals surface area contributed by atoms with Crippen LogP contribution in [0, 0.1) is 0 Å². The molecule has 0 saturated carbocycles. The van der Waals surface area contributed by atoms with Crippen LogP contribution >= 0.6 is 0 Å². The molecule has 396 valence electrons. The predicted octanol–water partition coefficient (Wildman–Crippen LogP) is 19.8. The predicted molar refractivity (Wildman–Crippen MR) is 293 cm³/mol. The molecule has 0 amide bonds. The molecule has 0 fully saturated rings. The van der Waals surface area contributed by atoms with Crippen LogP contribution in [0.25, 0.3) is 0 Å². The van der Waals surface area contributed by atoms with Gasteiger partial charge < -0.3 is 14.2 Å². The lowest BCUT2D eigenvalue weighted by atomic mass is 10.0. The second-order valence-electron chi connectivity index (χ2n) is 19.9. The number of carbonyl (C=O) groups excluding carboxylic acids is 3. The maximum absolute atomic E-state index is 12.8. The summed E-state index contributed by atoms with van der Waals surface area (Å²) in [6, 6.07) is 0. The van der Waals surface area contributed by atoms with E-state index >= 15 is 0 Å². The zero-order valence-corrected chi connectivity index (χ0v) is 45.4. The van der Waals surface area contributed by atoms with Crippen LogP contribution in [0.4, 0.5) is 0 Å². The molecule has 0 rings (SSSR count). The Morgan fingerprint density at radius 2 is 0.574 bits per heavy atom. The Kier molecular flexibility index (Phi) is 54.8. The van der Waals surface area contributed by atoms with Gasteiger partial charge in [0, 0.05) is 19.3 Å². The van der Waals surface area contributed by atoms with Gasteiger partial charge in [0.05, 0.1) is 0 Å². The van der Waals surface area contributed by atoms with Gasteiger partial charge in [-0.3, -0.25) is 14.4 Å². The maximum Gasteiger partial charge on any atom is 0.306 e. The lowest BCUT2D eigenvalue weighted by Crippen LogP contribution is -2.30. The highest BCUT2D eigenvalue weighted by atomic mass is 16.6. The van der Waals surface area contributed by atoms with E-state index in [0.29, 0.717) is 19.3 Å². The summed E-state index contributed by atoms with van der Waals surface area (Å²) < 4.78 is 16.8. The molecule has 0 heterocycles. The lowest BCUT2D eigenvalue weighted by Gasteiger charge is -2.18. The van der Waals surface area contributed by atoms with Gasteiger partial charge in [-0.1, -0.05) is 249 Å². The normalized spacial score (nSPS) is 12.3. The van der Waals surface area contributed by atoms with Crippen molar-refractivity contribution in [3.05, 3.63) is 48.6 Å². The van der Waals surface area contributed by atoms with Crippen LogP contribution in [0.15, 0.2) is 48.6 Å². The number of esters is 3. The molecule has 1 unspecified atom stereocenters. The minimum Gasteiger partial charge on any atom is -0.462 e. The molecular weight excluding hydrogens is 841 g/mol. The molecule has 0 N–H and O–H groups in total. The van der Waals surface area contributed by atoms with E-state index in [2.05, 4.69) is 69.4 Å². The first kappa shape index (κ1) is 65.4. The summed E-state index contributed by atoms with van der Waals surface area (Å²) in [5, 5.41) is 0. The number of hydrogen-bond acceptors (Lipinski definition) is 6. The minimum atomic E-state index is -0.777. The number of allylic oxidation sites excluding steroid dienone is 8. The molecule has 0 aromatic carbocycles. The number of ether oxygens (including phenoxy) is 3. The van der Waals surface area contributed by atoms with Gasteiger partial charge in [0.1, 0.15) is 13.2 Å². The third-order valence-electron chi connectivity index (χ3n) is 13.0. The fraction of sp³-hybridized carbons (Fsp3) is 0.823. The Labute approximate surface area is 422 Å². The number of rotatable bonds is 54. The van der Waals surface area contributed by atoms with Gasteiger partial charge in [-0.15, -0.1) is 0 Å². The first-order chi connectivity index (χ1) is 33.5. The summed E-state index contributed by atoms with van der Waals surface area (Å²) in [7, 11) is 0. The van der Waals surface area contributed by atoms with Gasteiger partial charge in [0.15, 0.2) is 6.10 Å². The van der Waals surface area contributed by atoms with Gasteiger partial charge in [0.2, 0.25) is 0 Å². The van der Waals surface area contributed by atoms with Crippen LogP contribution in [-0.2, 0) is 28.6 Å². The van der Waals surface area contributed by atoms with Crippen molar-refractivity contribution in [3.63, 3.8) is 0 Å².